The second-order valence-corrected chi connectivity index (χ2v) is 4.08. The molecule has 8 nitrogen and oxygen atoms in total. The summed E-state index contributed by atoms with van der Waals surface area (Å²) in [5.41, 5.74) is 1.52. The average Bonchev–Trinajstić information content (AvgIpc) is 2.99. The first-order valence-corrected chi connectivity index (χ1v) is 5.59. The van der Waals surface area contributed by atoms with Crippen molar-refractivity contribution in [2.24, 2.45) is 0 Å². The normalized spacial score (nSPS) is 12.1. The van der Waals surface area contributed by atoms with E-state index in [0.717, 1.165) is 5.69 Å². The van der Waals surface area contributed by atoms with Crippen molar-refractivity contribution in [2.45, 2.75) is 19.4 Å². The average molecular weight is 263 g/mol. The monoisotopic (exact) mass is 263 g/mol. The molecule has 2 aromatic rings. The van der Waals surface area contributed by atoms with E-state index in [0.29, 0.717) is 5.69 Å². The largest absolute Gasteiger partial charge is 0.480 e. The minimum Gasteiger partial charge on any atom is -0.480 e. The molecule has 0 saturated carbocycles. The van der Waals surface area contributed by atoms with Gasteiger partial charge < -0.3 is 15.4 Å². The van der Waals surface area contributed by atoms with E-state index < -0.39 is 17.9 Å². The van der Waals surface area contributed by atoms with E-state index in [4.69, 9.17) is 5.11 Å². The van der Waals surface area contributed by atoms with Crippen LogP contribution in [0.1, 0.15) is 21.9 Å². The molecule has 0 aliphatic rings. The third-order valence-corrected chi connectivity index (χ3v) is 2.52. The van der Waals surface area contributed by atoms with E-state index in [9.17, 15) is 9.59 Å². The summed E-state index contributed by atoms with van der Waals surface area (Å²) >= 11 is 0. The van der Waals surface area contributed by atoms with Gasteiger partial charge in [0.1, 0.15) is 11.7 Å². The van der Waals surface area contributed by atoms with Crippen LogP contribution in [0.4, 0.5) is 0 Å². The SMILES string of the molecule is Cc1cc(C(=O)N[C@H](Cc2cnc[nH]2)C(=O)O)n[nH]1. The predicted molar refractivity (Wildman–Crippen MR) is 64.5 cm³/mol. The Balaban J connectivity index is 2.04. The van der Waals surface area contributed by atoms with Crippen LogP contribution in [0.15, 0.2) is 18.6 Å². The molecule has 0 fully saturated rings. The van der Waals surface area contributed by atoms with Gasteiger partial charge in [-0.25, -0.2) is 9.78 Å². The number of aromatic amines is 2. The number of carboxylic acid groups (broad SMARTS) is 1. The van der Waals surface area contributed by atoms with Crippen molar-refractivity contribution in [2.75, 3.05) is 0 Å². The fourth-order valence-electron chi connectivity index (χ4n) is 1.58. The Bertz CT molecular complexity index is 575. The zero-order valence-electron chi connectivity index (χ0n) is 10.2. The number of hydrogen-bond donors (Lipinski definition) is 4. The van der Waals surface area contributed by atoms with Crippen LogP contribution in [0, 0.1) is 6.92 Å². The highest BCUT2D eigenvalue weighted by atomic mass is 16.4. The molecule has 0 spiro atoms. The Hall–Kier alpha value is -2.64. The van der Waals surface area contributed by atoms with Gasteiger partial charge in [-0.3, -0.25) is 9.89 Å². The molecule has 19 heavy (non-hydrogen) atoms. The molecule has 0 aliphatic carbocycles. The molecule has 1 atom stereocenters. The molecule has 0 radical (unpaired) electrons. The summed E-state index contributed by atoms with van der Waals surface area (Å²) in [5, 5.41) is 17.9. The minimum absolute atomic E-state index is 0.129. The van der Waals surface area contributed by atoms with Crippen molar-refractivity contribution in [1.29, 1.82) is 0 Å². The molecule has 0 unspecified atom stereocenters. The van der Waals surface area contributed by atoms with Crippen LogP contribution in [0.2, 0.25) is 0 Å². The first kappa shape index (κ1) is 12.8. The molecule has 2 rings (SSSR count). The smallest absolute Gasteiger partial charge is 0.326 e. The number of carbonyl (C=O) groups excluding carboxylic acids is 1. The highest BCUT2D eigenvalue weighted by Gasteiger charge is 2.22. The fourth-order valence-corrected chi connectivity index (χ4v) is 1.58. The number of aryl methyl sites for hydroxylation is 1. The summed E-state index contributed by atoms with van der Waals surface area (Å²) in [6, 6.07) is 0.509. The topological polar surface area (TPSA) is 124 Å². The number of carboxylic acids is 1. The molecule has 0 aromatic carbocycles. The lowest BCUT2D eigenvalue weighted by molar-refractivity contribution is -0.139. The van der Waals surface area contributed by atoms with Crippen LogP contribution in [0.3, 0.4) is 0 Å². The number of nitrogens with one attached hydrogen (secondary N) is 3. The van der Waals surface area contributed by atoms with E-state index in [1.165, 1.54) is 12.5 Å². The summed E-state index contributed by atoms with van der Waals surface area (Å²) in [5.74, 6) is -1.65. The molecule has 0 aliphatic heterocycles. The van der Waals surface area contributed by atoms with Crippen LogP contribution in [0.25, 0.3) is 0 Å². The Morgan fingerprint density at radius 2 is 2.32 bits per heavy atom. The number of aromatic nitrogens is 4. The zero-order chi connectivity index (χ0) is 13.8. The lowest BCUT2D eigenvalue weighted by Crippen LogP contribution is -2.42. The number of H-pyrrole nitrogens is 2. The number of hydrogen-bond acceptors (Lipinski definition) is 4. The van der Waals surface area contributed by atoms with Gasteiger partial charge in [0, 0.05) is 24.0 Å². The Morgan fingerprint density at radius 3 is 2.84 bits per heavy atom. The lowest BCUT2D eigenvalue weighted by Gasteiger charge is -2.12. The maximum atomic E-state index is 11.8. The van der Waals surface area contributed by atoms with Crippen LogP contribution >= 0.6 is 0 Å². The summed E-state index contributed by atoms with van der Waals surface area (Å²) in [6.07, 6.45) is 3.10. The minimum atomic E-state index is -1.12. The van der Waals surface area contributed by atoms with Crippen LogP contribution in [0.5, 0.6) is 0 Å². The first-order chi connectivity index (χ1) is 9.06. The molecular formula is C11H13N5O3. The van der Waals surface area contributed by atoms with Crippen molar-refractivity contribution in [3.63, 3.8) is 0 Å². The van der Waals surface area contributed by atoms with Gasteiger partial charge in [0.25, 0.3) is 5.91 Å². The fraction of sp³-hybridized carbons (Fsp3) is 0.273. The van der Waals surface area contributed by atoms with Gasteiger partial charge in [0.2, 0.25) is 0 Å². The van der Waals surface area contributed by atoms with E-state index in [2.05, 4.69) is 25.5 Å². The number of imidazole rings is 1. The second kappa shape index (κ2) is 5.34. The Labute approximate surface area is 108 Å². The number of rotatable bonds is 5. The van der Waals surface area contributed by atoms with Crippen molar-refractivity contribution < 1.29 is 14.7 Å². The number of amides is 1. The molecule has 2 heterocycles. The molecule has 100 valence electrons. The van der Waals surface area contributed by atoms with Gasteiger partial charge in [0.05, 0.1) is 6.33 Å². The van der Waals surface area contributed by atoms with Crippen molar-refractivity contribution >= 4 is 11.9 Å². The molecule has 1 amide bonds. The Kier molecular flexibility index (Phi) is 3.60. The van der Waals surface area contributed by atoms with E-state index in [1.54, 1.807) is 13.0 Å². The van der Waals surface area contributed by atoms with Crippen LogP contribution in [-0.2, 0) is 11.2 Å². The molecular weight excluding hydrogens is 250 g/mol. The van der Waals surface area contributed by atoms with Gasteiger partial charge >= 0.3 is 5.97 Å². The van der Waals surface area contributed by atoms with Crippen LogP contribution in [-0.4, -0.2) is 43.2 Å². The van der Waals surface area contributed by atoms with E-state index in [1.807, 2.05) is 0 Å². The van der Waals surface area contributed by atoms with Crippen molar-refractivity contribution in [3.05, 3.63) is 35.7 Å². The number of nitrogens with zero attached hydrogens (tertiary/aromatic N) is 2. The van der Waals surface area contributed by atoms with Crippen LogP contribution < -0.4 is 5.32 Å². The van der Waals surface area contributed by atoms with Crippen molar-refractivity contribution in [1.82, 2.24) is 25.5 Å². The molecule has 0 saturated heterocycles. The lowest BCUT2D eigenvalue weighted by atomic mass is 10.1. The maximum Gasteiger partial charge on any atom is 0.326 e. The van der Waals surface area contributed by atoms with Gasteiger partial charge in [-0.2, -0.15) is 5.10 Å². The highest BCUT2D eigenvalue weighted by Crippen LogP contribution is 2.02. The predicted octanol–water partition coefficient (Wildman–Crippen LogP) is -0.133. The third-order valence-electron chi connectivity index (χ3n) is 2.52. The highest BCUT2D eigenvalue weighted by molar-refractivity contribution is 5.95. The number of aliphatic carboxylic acids is 1. The van der Waals surface area contributed by atoms with Gasteiger partial charge in [-0.1, -0.05) is 0 Å². The van der Waals surface area contributed by atoms with Crippen molar-refractivity contribution in [3.8, 4) is 0 Å². The van der Waals surface area contributed by atoms with Gasteiger partial charge in [-0.15, -0.1) is 0 Å². The number of carbonyl (C=O) groups is 2. The third kappa shape index (κ3) is 3.18. The first-order valence-electron chi connectivity index (χ1n) is 5.59. The summed E-state index contributed by atoms with van der Waals surface area (Å²) in [6.45, 7) is 1.75. The second-order valence-electron chi connectivity index (χ2n) is 4.08. The molecule has 2 aromatic heterocycles. The maximum absolute atomic E-state index is 11.8. The summed E-state index contributed by atoms with van der Waals surface area (Å²) in [7, 11) is 0. The molecule has 4 N–H and O–H groups in total. The van der Waals surface area contributed by atoms with Gasteiger partial charge in [0.15, 0.2) is 0 Å². The molecule has 0 bridgehead atoms. The summed E-state index contributed by atoms with van der Waals surface area (Å²) in [4.78, 5) is 29.5. The standard InChI is InChI=1S/C11H13N5O3/c1-6-2-8(16-15-6)10(17)14-9(11(18)19)3-7-4-12-5-13-7/h2,4-5,9H,3H2,1H3,(H,12,13)(H,14,17)(H,15,16)(H,18,19)/t9-/m1/s1. The summed E-state index contributed by atoms with van der Waals surface area (Å²) < 4.78 is 0. The van der Waals surface area contributed by atoms with E-state index in [-0.39, 0.29) is 12.1 Å². The Morgan fingerprint density at radius 1 is 1.53 bits per heavy atom. The quantitative estimate of drug-likeness (QED) is 0.598. The molecule has 8 heteroatoms. The zero-order valence-corrected chi connectivity index (χ0v) is 10.2. The van der Waals surface area contributed by atoms with Gasteiger partial charge in [-0.05, 0) is 13.0 Å². The van der Waals surface area contributed by atoms with E-state index >= 15 is 0 Å².